The number of hydrogen-bond donors (Lipinski definition) is 1. The SMILES string of the molecule is COC(=O)c1oc(CN2CCCN(S(N)(=O)=O)CC2)cc1C. The summed E-state index contributed by atoms with van der Waals surface area (Å²) in [5.41, 5.74) is 0.725. The van der Waals surface area contributed by atoms with E-state index >= 15 is 0 Å². The largest absolute Gasteiger partial charge is 0.463 e. The fraction of sp³-hybridized carbons (Fsp3) is 0.615. The second-order valence-electron chi connectivity index (χ2n) is 5.29. The van der Waals surface area contributed by atoms with E-state index in [2.05, 4.69) is 9.64 Å². The summed E-state index contributed by atoms with van der Waals surface area (Å²) in [6.45, 7) is 4.35. The molecule has 0 amide bonds. The lowest BCUT2D eigenvalue weighted by Gasteiger charge is -2.19. The fourth-order valence-corrected chi connectivity index (χ4v) is 3.22. The van der Waals surface area contributed by atoms with Crippen LogP contribution in [0.15, 0.2) is 10.5 Å². The van der Waals surface area contributed by atoms with Gasteiger partial charge in [0.2, 0.25) is 5.76 Å². The van der Waals surface area contributed by atoms with Crippen LogP contribution in [0.4, 0.5) is 0 Å². The first-order valence-corrected chi connectivity index (χ1v) is 8.49. The van der Waals surface area contributed by atoms with Gasteiger partial charge in [-0.3, -0.25) is 4.90 Å². The van der Waals surface area contributed by atoms with Gasteiger partial charge in [0.1, 0.15) is 5.76 Å². The van der Waals surface area contributed by atoms with Crippen LogP contribution in [0.25, 0.3) is 0 Å². The summed E-state index contributed by atoms with van der Waals surface area (Å²) in [5, 5.41) is 5.16. The first-order valence-electron chi connectivity index (χ1n) is 6.99. The molecule has 2 rings (SSSR count). The molecular weight excluding hydrogens is 310 g/mol. The van der Waals surface area contributed by atoms with E-state index in [4.69, 9.17) is 9.56 Å². The van der Waals surface area contributed by atoms with E-state index in [0.717, 1.165) is 12.1 Å². The number of aryl methyl sites for hydroxylation is 1. The van der Waals surface area contributed by atoms with E-state index in [1.807, 2.05) is 0 Å². The van der Waals surface area contributed by atoms with Gasteiger partial charge < -0.3 is 9.15 Å². The monoisotopic (exact) mass is 331 g/mol. The minimum Gasteiger partial charge on any atom is -0.463 e. The highest BCUT2D eigenvalue weighted by Gasteiger charge is 2.23. The van der Waals surface area contributed by atoms with Crippen LogP contribution < -0.4 is 5.14 Å². The molecule has 1 fully saturated rings. The van der Waals surface area contributed by atoms with Gasteiger partial charge in [-0.15, -0.1) is 0 Å². The fourth-order valence-electron chi connectivity index (χ4n) is 2.50. The minimum atomic E-state index is -3.64. The molecule has 1 saturated heterocycles. The third kappa shape index (κ3) is 4.07. The predicted molar refractivity (Wildman–Crippen MR) is 79.4 cm³/mol. The Morgan fingerprint density at radius 1 is 1.36 bits per heavy atom. The van der Waals surface area contributed by atoms with Crippen LogP contribution in [-0.4, -0.2) is 56.9 Å². The van der Waals surface area contributed by atoms with E-state index in [-0.39, 0.29) is 5.76 Å². The number of methoxy groups -OCH3 is 1. The van der Waals surface area contributed by atoms with Gasteiger partial charge in [0.05, 0.1) is 13.7 Å². The molecule has 0 atom stereocenters. The lowest BCUT2D eigenvalue weighted by atomic mass is 10.2. The summed E-state index contributed by atoms with van der Waals surface area (Å²) in [7, 11) is -2.33. The van der Waals surface area contributed by atoms with Crippen LogP contribution in [0.2, 0.25) is 0 Å². The molecule has 0 radical (unpaired) electrons. The Hall–Kier alpha value is -1.42. The Labute approximate surface area is 130 Å². The highest BCUT2D eigenvalue weighted by Crippen LogP contribution is 2.18. The number of nitrogens with zero attached hydrogens (tertiary/aromatic N) is 2. The van der Waals surface area contributed by atoms with Crippen molar-refractivity contribution < 1.29 is 22.4 Å². The molecule has 22 heavy (non-hydrogen) atoms. The van der Waals surface area contributed by atoms with E-state index in [1.165, 1.54) is 11.4 Å². The number of carbonyl (C=O) groups is 1. The molecule has 0 aromatic carbocycles. The van der Waals surface area contributed by atoms with Crippen molar-refractivity contribution in [2.75, 3.05) is 33.3 Å². The Kier molecular flexibility index (Phi) is 5.22. The van der Waals surface area contributed by atoms with Crippen molar-refractivity contribution in [2.24, 2.45) is 5.14 Å². The lowest BCUT2D eigenvalue weighted by molar-refractivity contribution is 0.0560. The summed E-state index contributed by atoms with van der Waals surface area (Å²) >= 11 is 0. The quantitative estimate of drug-likeness (QED) is 0.784. The molecule has 2 N–H and O–H groups in total. The smallest absolute Gasteiger partial charge is 0.374 e. The summed E-state index contributed by atoms with van der Waals surface area (Å²) in [6.07, 6.45) is 0.694. The van der Waals surface area contributed by atoms with E-state index in [0.29, 0.717) is 38.4 Å². The van der Waals surface area contributed by atoms with Crippen molar-refractivity contribution in [1.82, 2.24) is 9.21 Å². The summed E-state index contributed by atoms with van der Waals surface area (Å²) in [4.78, 5) is 13.6. The maximum absolute atomic E-state index is 11.5. The average Bonchev–Trinajstić information content (AvgIpc) is 2.65. The molecule has 1 aromatic heterocycles. The normalized spacial score (nSPS) is 18.1. The molecule has 0 saturated carbocycles. The van der Waals surface area contributed by atoms with Gasteiger partial charge in [-0.1, -0.05) is 0 Å². The Balaban J connectivity index is 2.01. The van der Waals surface area contributed by atoms with Crippen LogP contribution in [0.5, 0.6) is 0 Å². The van der Waals surface area contributed by atoms with Crippen LogP contribution in [0.3, 0.4) is 0 Å². The summed E-state index contributed by atoms with van der Waals surface area (Å²) in [5.74, 6) is 0.362. The highest BCUT2D eigenvalue weighted by atomic mass is 32.2. The molecule has 0 aliphatic carbocycles. The van der Waals surface area contributed by atoms with Gasteiger partial charge in [0.25, 0.3) is 10.2 Å². The number of rotatable bonds is 4. The van der Waals surface area contributed by atoms with Gasteiger partial charge in [0, 0.05) is 25.2 Å². The van der Waals surface area contributed by atoms with Gasteiger partial charge in [-0.2, -0.15) is 12.7 Å². The van der Waals surface area contributed by atoms with Crippen LogP contribution >= 0.6 is 0 Å². The average molecular weight is 331 g/mol. The number of ether oxygens (including phenoxy) is 1. The zero-order valence-corrected chi connectivity index (χ0v) is 13.6. The predicted octanol–water partition coefficient (Wildman–Crippen LogP) is 0.0858. The number of nitrogens with two attached hydrogens (primary N) is 1. The zero-order valence-electron chi connectivity index (χ0n) is 12.7. The summed E-state index contributed by atoms with van der Waals surface area (Å²) < 4.78 is 34.2. The second-order valence-corrected chi connectivity index (χ2v) is 6.84. The molecule has 0 unspecified atom stereocenters. The Morgan fingerprint density at radius 3 is 2.73 bits per heavy atom. The molecule has 0 bridgehead atoms. The molecule has 124 valence electrons. The van der Waals surface area contributed by atoms with E-state index < -0.39 is 16.2 Å². The maximum atomic E-state index is 11.5. The molecule has 8 nitrogen and oxygen atoms in total. The maximum Gasteiger partial charge on any atom is 0.374 e. The van der Waals surface area contributed by atoms with E-state index in [9.17, 15) is 13.2 Å². The third-order valence-corrected chi connectivity index (χ3v) is 4.71. The van der Waals surface area contributed by atoms with Crippen LogP contribution in [0, 0.1) is 6.92 Å². The summed E-state index contributed by atoms with van der Waals surface area (Å²) in [6, 6.07) is 1.80. The van der Waals surface area contributed by atoms with Crippen molar-refractivity contribution in [3.8, 4) is 0 Å². The number of carbonyl (C=O) groups excluding carboxylic acids is 1. The number of hydrogen-bond acceptors (Lipinski definition) is 6. The standard InChI is InChI=1S/C13H21N3O5S/c1-10-8-11(21-12(10)13(17)20-2)9-15-4-3-5-16(7-6-15)22(14,18)19/h8H,3-7,9H2,1-2H3,(H2,14,18,19). The molecule has 0 spiro atoms. The molecule has 2 heterocycles. The first-order chi connectivity index (χ1) is 10.3. The van der Waals surface area contributed by atoms with Crippen LogP contribution in [-0.2, 0) is 21.5 Å². The lowest BCUT2D eigenvalue weighted by Crippen LogP contribution is -2.39. The molecule has 9 heteroatoms. The third-order valence-electron chi connectivity index (χ3n) is 3.63. The second kappa shape index (κ2) is 6.78. The van der Waals surface area contributed by atoms with Crippen molar-refractivity contribution in [1.29, 1.82) is 0 Å². The van der Waals surface area contributed by atoms with Crippen molar-refractivity contribution in [3.05, 3.63) is 23.2 Å². The molecule has 1 aliphatic rings. The molecular formula is C13H21N3O5S. The highest BCUT2D eigenvalue weighted by molar-refractivity contribution is 7.86. The van der Waals surface area contributed by atoms with E-state index in [1.54, 1.807) is 13.0 Å². The number of esters is 1. The Morgan fingerprint density at radius 2 is 2.09 bits per heavy atom. The molecule has 1 aromatic rings. The van der Waals surface area contributed by atoms with Crippen molar-refractivity contribution >= 4 is 16.2 Å². The van der Waals surface area contributed by atoms with Crippen molar-refractivity contribution in [2.45, 2.75) is 19.9 Å². The van der Waals surface area contributed by atoms with Gasteiger partial charge >= 0.3 is 5.97 Å². The van der Waals surface area contributed by atoms with Crippen LogP contribution in [0.1, 0.15) is 28.3 Å². The minimum absolute atomic E-state index is 0.207. The van der Waals surface area contributed by atoms with Gasteiger partial charge in [-0.05, 0) is 26.0 Å². The Bertz CT molecular complexity index is 640. The zero-order chi connectivity index (χ0) is 16.3. The van der Waals surface area contributed by atoms with Gasteiger partial charge in [-0.25, -0.2) is 9.93 Å². The number of furan rings is 1. The van der Waals surface area contributed by atoms with Gasteiger partial charge in [0.15, 0.2) is 0 Å². The van der Waals surface area contributed by atoms with Crippen molar-refractivity contribution in [3.63, 3.8) is 0 Å². The molecule has 1 aliphatic heterocycles. The first kappa shape index (κ1) is 16.9. The topological polar surface area (TPSA) is 106 Å².